The fourth-order valence-corrected chi connectivity index (χ4v) is 3.41. The summed E-state index contributed by atoms with van der Waals surface area (Å²) in [7, 11) is 0. The van der Waals surface area contributed by atoms with Gasteiger partial charge in [-0.05, 0) is 43.0 Å². The molecule has 3 rings (SSSR count). The maximum absolute atomic E-state index is 12.7. The molecule has 0 aromatic heterocycles. The van der Waals surface area contributed by atoms with Gasteiger partial charge < -0.3 is 10.1 Å². The van der Waals surface area contributed by atoms with E-state index in [2.05, 4.69) is 58.7 Å². The lowest BCUT2D eigenvalue weighted by Gasteiger charge is -2.23. The highest BCUT2D eigenvalue weighted by molar-refractivity contribution is 5.82. The molecule has 1 amide bonds. The van der Waals surface area contributed by atoms with E-state index in [4.69, 9.17) is 4.74 Å². The van der Waals surface area contributed by atoms with Crippen LogP contribution in [-0.2, 0) is 29.2 Å². The topological polar surface area (TPSA) is 41.6 Å². The molecule has 26 heavy (non-hydrogen) atoms. The van der Waals surface area contributed by atoms with Crippen LogP contribution in [0.3, 0.4) is 0 Å². The highest BCUT2D eigenvalue weighted by Crippen LogP contribution is 2.20. The number of carbonyl (C=O) groups is 1. The Morgan fingerprint density at radius 3 is 2.54 bits per heavy atom. The number of hydrogen-bond donors (Lipinski definition) is 1. The molecule has 1 saturated heterocycles. The molecule has 1 N–H and O–H groups in total. The molecule has 0 bridgehead atoms. The fourth-order valence-electron chi connectivity index (χ4n) is 3.41. The zero-order valence-corrected chi connectivity index (χ0v) is 15.5. The van der Waals surface area contributed by atoms with Crippen LogP contribution in [0.4, 0.5) is 0 Å². The third-order valence-corrected chi connectivity index (χ3v) is 4.86. The number of likely N-dealkylation sites (tertiary alicyclic amines) is 1. The van der Waals surface area contributed by atoms with Crippen molar-refractivity contribution in [1.29, 1.82) is 0 Å². The van der Waals surface area contributed by atoms with E-state index in [-0.39, 0.29) is 11.9 Å². The second kappa shape index (κ2) is 9.51. The summed E-state index contributed by atoms with van der Waals surface area (Å²) in [6.07, 6.45) is 2.02. The van der Waals surface area contributed by atoms with Crippen LogP contribution >= 0.6 is 0 Å². The summed E-state index contributed by atoms with van der Waals surface area (Å²) in [5.74, 6) is 0.136. The normalized spacial score (nSPS) is 17.3. The van der Waals surface area contributed by atoms with Crippen LogP contribution in [0, 0.1) is 0 Å². The minimum absolute atomic E-state index is 0.0209. The molecular weight excluding hydrogens is 324 g/mol. The molecule has 0 radical (unpaired) electrons. The molecule has 4 heteroatoms. The maximum Gasteiger partial charge on any atom is 0.237 e. The maximum atomic E-state index is 12.7. The lowest BCUT2D eigenvalue weighted by Crippen LogP contribution is -2.42. The van der Waals surface area contributed by atoms with Crippen molar-refractivity contribution in [2.24, 2.45) is 0 Å². The molecule has 1 aliphatic rings. The van der Waals surface area contributed by atoms with Crippen LogP contribution in [0.1, 0.15) is 36.5 Å². The van der Waals surface area contributed by atoms with E-state index in [9.17, 15) is 4.79 Å². The average molecular weight is 352 g/mol. The molecular formula is C22H28N2O2. The third kappa shape index (κ3) is 5.16. The number of nitrogens with zero attached hydrogens (tertiary/aromatic N) is 1. The van der Waals surface area contributed by atoms with Gasteiger partial charge in [0.05, 0.1) is 12.6 Å². The number of carbonyl (C=O) groups excluding carboxylic acids is 1. The predicted molar refractivity (Wildman–Crippen MR) is 103 cm³/mol. The zero-order valence-electron chi connectivity index (χ0n) is 15.5. The molecule has 1 aliphatic heterocycles. The Balaban J connectivity index is 1.50. The molecule has 2 aromatic rings. The van der Waals surface area contributed by atoms with Crippen molar-refractivity contribution >= 4 is 5.91 Å². The second-order valence-electron chi connectivity index (χ2n) is 6.79. The summed E-state index contributed by atoms with van der Waals surface area (Å²) in [4.78, 5) is 14.9. The van der Waals surface area contributed by atoms with Crippen LogP contribution in [-0.4, -0.2) is 30.0 Å². The first kappa shape index (κ1) is 18.6. The Morgan fingerprint density at radius 1 is 1.08 bits per heavy atom. The Morgan fingerprint density at radius 2 is 1.81 bits per heavy atom. The number of rotatable bonds is 8. The minimum atomic E-state index is -0.0209. The van der Waals surface area contributed by atoms with Gasteiger partial charge in [0, 0.05) is 19.7 Å². The van der Waals surface area contributed by atoms with Gasteiger partial charge in [-0.3, -0.25) is 9.69 Å². The molecule has 1 heterocycles. The van der Waals surface area contributed by atoms with Gasteiger partial charge in [0.2, 0.25) is 5.91 Å². The van der Waals surface area contributed by atoms with Crippen LogP contribution in [0.25, 0.3) is 0 Å². The first-order valence-electron chi connectivity index (χ1n) is 9.47. The number of nitrogens with one attached hydrogen (secondary N) is 1. The average Bonchev–Trinajstić information content (AvgIpc) is 3.14. The smallest absolute Gasteiger partial charge is 0.237 e. The van der Waals surface area contributed by atoms with E-state index in [0.29, 0.717) is 13.2 Å². The Hall–Kier alpha value is -2.17. The summed E-state index contributed by atoms with van der Waals surface area (Å²) in [5.41, 5.74) is 3.54. The van der Waals surface area contributed by atoms with Crippen LogP contribution in [0.5, 0.6) is 0 Å². The lowest BCUT2D eigenvalue weighted by molar-refractivity contribution is -0.125. The van der Waals surface area contributed by atoms with Crippen molar-refractivity contribution < 1.29 is 9.53 Å². The Labute approximate surface area is 156 Å². The number of benzene rings is 2. The van der Waals surface area contributed by atoms with E-state index >= 15 is 0 Å². The summed E-state index contributed by atoms with van der Waals surface area (Å²) in [6, 6.07) is 18.6. The van der Waals surface area contributed by atoms with Gasteiger partial charge in [0.25, 0.3) is 0 Å². The van der Waals surface area contributed by atoms with Gasteiger partial charge in [-0.2, -0.15) is 0 Å². The lowest BCUT2D eigenvalue weighted by atomic mass is 10.1. The van der Waals surface area contributed by atoms with E-state index in [1.165, 1.54) is 5.56 Å². The zero-order chi connectivity index (χ0) is 18.2. The van der Waals surface area contributed by atoms with Crippen molar-refractivity contribution in [2.45, 2.75) is 45.5 Å². The molecule has 2 aromatic carbocycles. The van der Waals surface area contributed by atoms with E-state index in [1.54, 1.807) is 0 Å². The number of amides is 1. The van der Waals surface area contributed by atoms with Gasteiger partial charge in [-0.15, -0.1) is 0 Å². The summed E-state index contributed by atoms with van der Waals surface area (Å²) < 4.78 is 5.41. The van der Waals surface area contributed by atoms with Gasteiger partial charge in [0.1, 0.15) is 0 Å². The van der Waals surface area contributed by atoms with Gasteiger partial charge in [0.15, 0.2) is 0 Å². The number of hydrogen-bond acceptors (Lipinski definition) is 3. The Kier molecular flexibility index (Phi) is 6.81. The van der Waals surface area contributed by atoms with Crippen molar-refractivity contribution in [3.8, 4) is 0 Å². The SMILES string of the molecule is CCOCc1ccc(CNC(=O)C2CCCN2Cc2ccccc2)cc1. The first-order chi connectivity index (χ1) is 12.8. The molecule has 138 valence electrons. The molecule has 0 spiro atoms. The van der Waals surface area contributed by atoms with Crippen LogP contribution in [0.15, 0.2) is 54.6 Å². The molecule has 4 nitrogen and oxygen atoms in total. The van der Waals surface area contributed by atoms with E-state index in [1.807, 2.05) is 13.0 Å². The highest BCUT2D eigenvalue weighted by Gasteiger charge is 2.30. The monoisotopic (exact) mass is 352 g/mol. The summed E-state index contributed by atoms with van der Waals surface area (Å²) in [6.45, 7) is 5.75. The molecule has 0 aliphatic carbocycles. The Bertz CT molecular complexity index is 685. The van der Waals surface area contributed by atoms with E-state index < -0.39 is 0 Å². The van der Waals surface area contributed by atoms with Crippen molar-refractivity contribution in [1.82, 2.24) is 10.2 Å². The highest BCUT2D eigenvalue weighted by atomic mass is 16.5. The minimum Gasteiger partial charge on any atom is -0.377 e. The van der Waals surface area contributed by atoms with Crippen LogP contribution in [0.2, 0.25) is 0 Å². The molecule has 1 fully saturated rings. The van der Waals surface area contributed by atoms with Gasteiger partial charge in [-0.1, -0.05) is 54.6 Å². The number of ether oxygens (including phenoxy) is 1. The largest absolute Gasteiger partial charge is 0.377 e. The fraction of sp³-hybridized carbons (Fsp3) is 0.409. The standard InChI is InChI=1S/C22H28N2O2/c1-2-26-17-20-12-10-18(11-13-20)15-23-22(25)21-9-6-14-24(21)16-19-7-4-3-5-8-19/h3-5,7-8,10-13,21H,2,6,9,14-17H2,1H3,(H,23,25). The van der Waals surface area contributed by atoms with Crippen molar-refractivity contribution in [3.63, 3.8) is 0 Å². The quantitative estimate of drug-likeness (QED) is 0.790. The van der Waals surface area contributed by atoms with E-state index in [0.717, 1.165) is 43.7 Å². The molecule has 0 saturated carbocycles. The predicted octanol–water partition coefficient (Wildman–Crippen LogP) is 3.50. The van der Waals surface area contributed by atoms with Gasteiger partial charge in [-0.25, -0.2) is 0 Å². The molecule has 1 atom stereocenters. The second-order valence-corrected chi connectivity index (χ2v) is 6.79. The summed E-state index contributed by atoms with van der Waals surface area (Å²) >= 11 is 0. The van der Waals surface area contributed by atoms with Gasteiger partial charge >= 0.3 is 0 Å². The third-order valence-electron chi connectivity index (χ3n) is 4.86. The van der Waals surface area contributed by atoms with Crippen molar-refractivity contribution in [2.75, 3.05) is 13.2 Å². The first-order valence-corrected chi connectivity index (χ1v) is 9.47. The molecule has 1 unspecified atom stereocenters. The summed E-state index contributed by atoms with van der Waals surface area (Å²) in [5, 5.41) is 3.11. The van der Waals surface area contributed by atoms with Crippen molar-refractivity contribution in [3.05, 3.63) is 71.3 Å². The van der Waals surface area contributed by atoms with Crippen LogP contribution < -0.4 is 5.32 Å².